The van der Waals surface area contributed by atoms with Gasteiger partial charge in [-0.05, 0) is 31.5 Å². The molecule has 1 atom stereocenters. The molecule has 1 heterocycles. The Morgan fingerprint density at radius 2 is 1.93 bits per heavy atom. The molecule has 0 spiro atoms. The van der Waals surface area contributed by atoms with E-state index in [4.69, 9.17) is 21.1 Å². The lowest BCUT2D eigenvalue weighted by Gasteiger charge is -2.29. The minimum Gasteiger partial charge on any atom is -0.503 e. The zero-order valence-corrected chi connectivity index (χ0v) is 17.5. The average Bonchev–Trinajstić information content (AvgIpc) is 3.02. The van der Waals surface area contributed by atoms with Crippen molar-refractivity contribution in [3.05, 3.63) is 75.0 Å². The summed E-state index contributed by atoms with van der Waals surface area (Å²) in [4.78, 5) is 26.1. The molecule has 0 saturated carbocycles. The molecule has 30 heavy (non-hydrogen) atoms. The summed E-state index contributed by atoms with van der Waals surface area (Å²) < 4.78 is 10.5. The third kappa shape index (κ3) is 2.95. The number of allylic oxidation sites excluding steroid dienone is 2. The normalized spacial score (nSPS) is 17.5. The Kier molecular flexibility index (Phi) is 5.03. The van der Waals surface area contributed by atoms with Crippen molar-refractivity contribution in [2.45, 2.75) is 19.8 Å². The zero-order valence-electron chi connectivity index (χ0n) is 16.7. The van der Waals surface area contributed by atoms with Crippen molar-refractivity contribution in [2.24, 2.45) is 0 Å². The molecule has 0 amide bonds. The second-order valence-electron chi connectivity index (χ2n) is 7.03. The van der Waals surface area contributed by atoms with E-state index in [0.717, 1.165) is 5.56 Å². The van der Waals surface area contributed by atoms with Crippen molar-refractivity contribution in [1.82, 2.24) is 5.32 Å². The second kappa shape index (κ2) is 7.54. The van der Waals surface area contributed by atoms with E-state index in [2.05, 4.69) is 5.32 Å². The second-order valence-corrected chi connectivity index (χ2v) is 7.44. The van der Waals surface area contributed by atoms with Crippen LogP contribution in [0.2, 0.25) is 5.02 Å². The van der Waals surface area contributed by atoms with Crippen LogP contribution in [-0.4, -0.2) is 30.6 Å². The first-order valence-corrected chi connectivity index (χ1v) is 9.86. The molecule has 0 saturated heterocycles. The Bertz CT molecular complexity index is 1150. The largest absolute Gasteiger partial charge is 0.503 e. The molecule has 2 aromatic rings. The summed E-state index contributed by atoms with van der Waals surface area (Å²) >= 11 is 6.26. The number of rotatable bonds is 4. The number of fused-ring (bicyclic) bond motifs is 2. The number of phenolic OH excluding ortho intramolecular Hbond substituents is 1. The highest BCUT2D eigenvalue weighted by Gasteiger charge is 2.43. The maximum Gasteiger partial charge on any atom is 0.336 e. The summed E-state index contributed by atoms with van der Waals surface area (Å²) in [5.74, 6) is -1.46. The van der Waals surface area contributed by atoms with Crippen LogP contribution in [0.4, 0.5) is 0 Å². The van der Waals surface area contributed by atoms with Crippen LogP contribution in [0, 0.1) is 0 Å². The average molecular weight is 426 g/mol. The molecule has 2 N–H and O–H groups in total. The van der Waals surface area contributed by atoms with Crippen LogP contribution >= 0.6 is 11.6 Å². The summed E-state index contributed by atoms with van der Waals surface area (Å²) in [7, 11) is 1.30. The maximum atomic E-state index is 13.4. The van der Waals surface area contributed by atoms with Crippen LogP contribution in [0.5, 0.6) is 11.5 Å². The smallest absolute Gasteiger partial charge is 0.336 e. The van der Waals surface area contributed by atoms with E-state index in [-0.39, 0.29) is 22.3 Å². The van der Waals surface area contributed by atoms with Gasteiger partial charge in [-0.15, -0.1) is 0 Å². The van der Waals surface area contributed by atoms with Crippen LogP contribution in [0.25, 0.3) is 5.70 Å². The van der Waals surface area contributed by atoms with Gasteiger partial charge in [0, 0.05) is 28.3 Å². The van der Waals surface area contributed by atoms with E-state index >= 15 is 0 Å². The lowest BCUT2D eigenvalue weighted by molar-refractivity contribution is -0.136. The van der Waals surface area contributed by atoms with Gasteiger partial charge in [-0.25, -0.2) is 4.79 Å². The van der Waals surface area contributed by atoms with Crippen molar-refractivity contribution >= 4 is 29.1 Å². The minimum atomic E-state index is -0.731. The fourth-order valence-electron chi connectivity index (χ4n) is 4.07. The fraction of sp³-hybridized carbons (Fsp3) is 0.217. The van der Waals surface area contributed by atoms with Gasteiger partial charge in [0.15, 0.2) is 17.3 Å². The summed E-state index contributed by atoms with van der Waals surface area (Å²) in [5, 5.41) is 13.5. The SMILES string of the molecule is CCOc1cc([C@@H]2C(C(=O)OC)=C(C)NC3=C2C(=O)c2ccccc23)cc(Cl)c1O. The fourth-order valence-corrected chi connectivity index (χ4v) is 4.29. The number of carbonyl (C=O) groups excluding carboxylic acids is 2. The summed E-state index contributed by atoms with van der Waals surface area (Å²) in [5.41, 5.74) is 3.88. The number of ketones is 1. The van der Waals surface area contributed by atoms with Crippen molar-refractivity contribution in [2.75, 3.05) is 13.7 Å². The van der Waals surface area contributed by atoms with E-state index in [0.29, 0.717) is 40.3 Å². The molecular formula is C23H20ClNO5. The van der Waals surface area contributed by atoms with E-state index in [1.807, 2.05) is 12.1 Å². The predicted molar refractivity (Wildman–Crippen MR) is 113 cm³/mol. The number of hydrogen-bond acceptors (Lipinski definition) is 6. The zero-order chi connectivity index (χ0) is 21.6. The quantitative estimate of drug-likeness (QED) is 0.714. The van der Waals surface area contributed by atoms with Gasteiger partial charge in [0.2, 0.25) is 0 Å². The molecule has 0 radical (unpaired) electrons. The van der Waals surface area contributed by atoms with Crippen LogP contribution in [0.15, 0.2) is 53.2 Å². The van der Waals surface area contributed by atoms with Crippen LogP contribution in [0.1, 0.15) is 41.3 Å². The number of esters is 1. The standard InChI is InChI=1S/C23H20ClNO5/c1-4-30-16-10-12(9-15(24)22(16)27)18-17(23(28)29-3)11(2)25-20-13-7-5-6-8-14(13)21(26)19(18)20/h5-10,18,25,27H,4H2,1-3H3/t18-/m1/s1. The Labute approximate surface area is 178 Å². The number of ether oxygens (including phenoxy) is 2. The molecule has 1 aliphatic carbocycles. The Balaban J connectivity index is 1.97. The number of nitrogens with one attached hydrogen (secondary N) is 1. The van der Waals surface area contributed by atoms with E-state index in [1.165, 1.54) is 7.11 Å². The van der Waals surface area contributed by atoms with Crippen LogP contribution in [-0.2, 0) is 9.53 Å². The number of phenols is 1. The van der Waals surface area contributed by atoms with Gasteiger partial charge in [0.05, 0.1) is 30.0 Å². The summed E-state index contributed by atoms with van der Waals surface area (Å²) in [6, 6.07) is 10.4. The molecular weight excluding hydrogens is 406 g/mol. The molecule has 1 aliphatic heterocycles. The number of carbonyl (C=O) groups is 2. The minimum absolute atomic E-state index is 0.0708. The number of halogens is 1. The number of aromatic hydroxyl groups is 1. The molecule has 0 unspecified atom stereocenters. The molecule has 0 aromatic heterocycles. The topological polar surface area (TPSA) is 84.9 Å². The highest BCUT2D eigenvalue weighted by Crippen LogP contribution is 2.49. The Morgan fingerprint density at radius 1 is 1.23 bits per heavy atom. The van der Waals surface area contributed by atoms with E-state index < -0.39 is 11.9 Å². The number of dihydropyridines is 1. The maximum absolute atomic E-state index is 13.4. The molecule has 0 fully saturated rings. The molecule has 2 aliphatic rings. The van der Waals surface area contributed by atoms with Crippen molar-refractivity contribution in [1.29, 1.82) is 0 Å². The highest BCUT2D eigenvalue weighted by molar-refractivity contribution is 6.32. The van der Waals surface area contributed by atoms with Gasteiger partial charge in [0.25, 0.3) is 0 Å². The first-order valence-electron chi connectivity index (χ1n) is 9.48. The number of hydrogen-bond donors (Lipinski definition) is 2. The third-order valence-corrected chi connectivity index (χ3v) is 5.63. The van der Waals surface area contributed by atoms with Gasteiger partial charge in [-0.2, -0.15) is 0 Å². The first kappa shape index (κ1) is 20.0. The molecule has 154 valence electrons. The van der Waals surface area contributed by atoms with Crippen molar-refractivity contribution in [3.8, 4) is 11.5 Å². The lowest BCUT2D eigenvalue weighted by Crippen LogP contribution is -2.29. The molecule has 2 aromatic carbocycles. The van der Waals surface area contributed by atoms with Crippen molar-refractivity contribution in [3.63, 3.8) is 0 Å². The monoisotopic (exact) mass is 425 g/mol. The Hall–Kier alpha value is -3.25. The third-order valence-electron chi connectivity index (χ3n) is 5.34. The molecule has 0 bridgehead atoms. The van der Waals surface area contributed by atoms with Gasteiger partial charge in [-0.3, -0.25) is 4.79 Å². The van der Waals surface area contributed by atoms with Gasteiger partial charge < -0.3 is 19.9 Å². The highest BCUT2D eigenvalue weighted by atomic mass is 35.5. The first-order chi connectivity index (χ1) is 14.4. The number of Topliss-reactive ketones (excluding diaryl/α,β-unsaturated/α-hetero) is 1. The van der Waals surface area contributed by atoms with E-state index in [1.54, 1.807) is 38.1 Å². The van der Waals surface area contributed by atoms with Crippen molar-refractivity contribution < 1.29 is 24.2 Å². The molecule has 4 rings (SSSR count). The van der Waals surface area contributed by atoms with Crippen LogP contribution in [0.3, 0.4) is 0 Å². The predicted octanol–water partition coefficient (Wildman–Crippen LogP) is 4.19. The Morgan fingerprint density at radius 3 is 2.60 bits per heavy atom. The van der Waals surface area contributed by atoms with Gasteiger partial charge >= 0.3 is 5.97 Å². The van der Waals surface area contributed by atoms with Crippen LogP contribution < -0.4 is 10.1 Å². The number of benzene rings is 2. The number of methoxy groups -OCH3 is 1. The van der Waals surface area contributed by atoms with E-state index in [9.17, 15) is 14.7 Å². The molecule has 7 heteroatoms. The summed E-state index contributed by atoms with van der Waals surface area (Å²) in [6.45, 7) is 3.86. The molecule has 6 nitrogen and oxygen atoms in total. The lowest BCUT2D eigenvalue weighted by atomic mass is 9.79. The van der Waals surface area contributed by atoms with Gasteiger partial charge in [-0.1, -0.05) is 35.9 Å². The van der Waals surface area contributed by atoms with Gasteiger partial charge in [0.1, 0.15) is 0 Å². The summed E-state index contributed by atoms with van der Waals surface area (Å²) in [6.07, 6.45) is 0.